The smallest absolute Gasteiger partial charge is 0.297 e. The maximum atomic E-state index is 12.4. The van der Waals surface area contributed by atoms with Crippen molar-refractivity contribution in [2.45, 2.75) is 54.0 Å². The van der Waals surface area contributed by atoms with Gasteiger partial charge in [-0.3, -0.25) is 19.6 Å². The second kappa shape index (κ2) is 6.74. The number of carbonyl (C=O) groups is 2. The number of carbonyl (C=O) groups excluding carboxylic acids is 2. The fourth-order valence-electron chi connectivity index (χ4n) is 2.12. The Bertz CT molecular complexity index is 581. The van der Waals surface area contributed by atoms with E-state index in [0.717, 1.165) is 5.69 Å². The largest absolute Gasteiger partial charge is 0.347 e. The molecule has 6 heteroatoms. The van der Waals surface area contributed by atoms with Gasteiger partial charge in [-0.05, 0) is 13.3 Å². The van der Waals surface area contributed by atoms with Gasteiger partial charge < -0.3 is 0 Å². The van der Waals surface area contributed by atoms with Crippen LogP contribution >= 0.6 is 0 Å². The Hall–Kier alpha value is -1.85. The van der Waals surface area contributed by atoms with Crippen LogP contribution in [0.25, 0.3) is 0 Å². The molecule has 0 saturated carbocycles. The molecule has 1 aromatic heterocycles. The molecule has 0 bridgehead atoms. The highest BCUT2D eigenvalue weighted by Gasteiger charge is 2.24. The van der Waals surface area contributed by atoms with Crippen LogP contribution in [-0.2, 0) is 16.0 Å². The number of aryl methyl sites for hydroxylation is 1. The number of hydrogen-bond donors (Lipinski definition) is 1. The van der Waals surface area contributed by atoms with Crippen molar-refractivity contribution in [3.05, 3.63) is 22.4 Å². The SMILES string of the molecule is CCc1cn(NC(=O)C(C)C)c(=O)n1[C@@H](C)C(=O)C(C)C. The zero-order chi connectivity index (χ0) is 16.3. The fourth-order valence-corrected chi connectivity index (χ4v) is 2.12. The summed E-state index contributed by atoms with van der Waals surface area (Å²) in [5, 5.41) is 0. The van der Waals surface area contributed by atoms with E-state index < -0.39 is 6.04 Å². The maximum absolute atomic E-state index is 12.4. The average molecular weight is 295 g/mol. The lowest BCUT2D eigenvalue weighted by atomic mass is 10.0. The van der Waals surface area contributed by atoms with Gasteiger partial charge in [0.15, 0.2) is 5.78 Å². The van der Waals surface area contributed by atoms with Gasteiger partial charge in [0.1, 0.15) is 0 Å². The summed E-state index contributed by atoms with van der Waals surface area (Å²) in [5.41, 5.74) is 2.90. The van der Waals surface area contributed by atoms with Crippen LogP contribution in [-0.4, -0.2) is 20.9 Å². The van der Waals surface area contributed by atoms with Gasteiger partial charge in [-0.1, -0.05) is 34.6 Å². The number of ketones is 1. The van der Waals surface area contributed by atoms with E-state index in [1.807, 2.05) is 20.8 Å². The Balaban J connectivity index is 3.22. The number of imidazole rings is 1. The van der Waals surface area contributed by atoms with Crippen molar-refractivity contribution in [2.75, 3.05) is 5.43 Å². The van der Waals surface area contributed by atoms with E-state index in [9.17, 15) is 14.4 Å². The zero-order valence-corrected chi connectivity index (χ0v) is 13.6. The summed E-state index contributed by atoms with van der Waals surface area (Å²) in [6.45, 7) is 10.8. The van der Waals surface area contributed by atoms with Crippen molar-refractivity contribution in [2.24, 2.45) is 11.8 Å². The number of hydrogen-bond acceptors (Lipinski definition) is 3. The van der Waals surface area contributed by atoms with E-state index in [2.05, 4.69) is 5.43 Å². The van der Waals surface area contributed by atoms with Crippen molar-refractivity contribution >= 4 is 11.7 Å². The lowest BCUT2D eigenvalue weighted by Gasteiger charge is -2.16. The monoisotopic (exact) mass is 295 g/mol. The average Bonchev–Trinajstić information content (AvgIpc) is 2.73. The molecule has 0 aliphatic rings. The first kappa shape index (κ1) is 17.2. The molecule has 0 saturated heterocycles. The highest BCUT2D eigenvalue weighted by molar-refractivity contribution is 5.85. The third kappa shape index (κ3) is 3.62. The highest BCUT2D eigenvalue weighted by atomic mass is 16.2. The fraction of sp³-hybridized carbons (Fsp3) is 0.667. The van der Waals surface area contributed by atoms with E-state index >= 15 is 0 Å². The molecule has 21 heavy (non-hydrogen) atoms. The van der Waals surface area contributed by atoms with E-state index in [1.54, 1.807) is 27.0 Å². The van der Waals surface area contributed by atoms with Crippen molar-refractivity contribution in [1.29, 1.82) is 0 Å². The third-order valence-corrected chi connectivity index (χ3v) is 3.49. The van der Waals surface area contributed by atoms with Gasteiger partial charge in [0.25, 0.3) is 0 Å². The minimum atomic E-state index is -0.537. The first-order valence-corrected chi connectivity index (χ1v) is 7.38. The number of nitrogens with zero attached hydrogens (tertiary/aromatic N) is 2. The number of aromatic nitrogens is 2. The predicted molar refractivity (Wildman–Crippen MR) is 81.8 cm³/mol. The second-order valence-corrected chi connectivity index (χ2v) is 5.86. The molecule has 0 unspecified atom stereocenters. The molecule has 6 nitrogen and oxygen atoms in total. The molecule has 1 atom stereocenters. The summed E-state index contributed by atoms with van der Waals surface area (Å²) in [5.74, 6) is -0.607. The van der Waals surface area contributed by atoms with Crippen molar-refractivity contribution < 1.29 is 9.59 Å². The maximum Gasteiger partial charge on any atom is 0.347 e. The van der Waals surface area contributed by atoms with E-state index in [1.165, 1.54) is 9.24 Å². The zero-order valence-electron chi connectivity index (χ0n) is 13.6. The first-order chi connectivity index (χ1) is 9.70. The van der Waals surface area contributed by atoms with E-state index in [-0.39, 0.29) is 29.2 Å². The van der Waals surface area contributed by atoms with Crippen molar-refractivity contribution in [1.82, 2.24) is 9.24 Å². The molecule has 1 amide bonds. The molecular formula is C15H25N3O3. The van der Waals surface area contributed by atoms with Gasteiger partial charge in [0.2, 0.25) is 5.91 Å². The van der Waals surface area contributed by atoms with Crippen LogP contribution in [0, 0.1) is 11.8 Å². The Morgan fingerprint density at radius 3 is 2.14 bits per heavy atom. The second-order valence-electron chi connectivity index (χ2n) is 5.86. The van der Waals surface area contributed by atoms with Crippen molar-refractivity contribution in [3.63, 3.8) is 0 Å². The molecule has 0 aliphatic heterocycles. The topological polar surface area (TPSA) is 73.1 Å². The molecule has 1 aromatic rings. The van der Waals surface area contributed by atoms with Crippen LogP contribution in [0.4, 0.5) is 0 Å². The van der Waals surface area contributed by atoms with Crippen LogP contribution in [0.1, 0.15) is 53.3 Å². The summed E-state index contributed by atoms with van der Waals surface area (Å²) in [4.78, 5) is 36.3. The van der Waals surface area contributed by atoms with Gasteiger partial charge >= 0.3 is 5.69 Å². The minimum absolute atomic E-state index is 0.000244. The highest BCUT2D eigenvalue weighted by Crippen LogP contribution is 2.14. The van der Waals surface area contributed by atoms with Crippen LogP contribution in [0.2, 0.25) is 0 Å². The van der Waals surface area contributed by atoms with E-state index in [4.69, 9.17) is 0 Å². The first-order valence-electron chi connectivity index (χ1n) is 7.38. The molecule has 0 aromatic carbocycles. The van der Waals surface area contributed by atoms with Gasteiger partial charge in [-0.15, -0.1) is 0 Å². The summed E-state index contributed by atoms with van der Waals surface area (Å²) in [6, 6.07) is -0.537. The van der Waals surface area contributed by atoms with Crippen LogP contribution in [0.3, 0.4) is 0 Å². The van der Waals surface area contributed by atoms with Gasteiger partial charge in [-0.25, -0.2) is 9.47 Å². The Morgan fingerprint density at radius 2 is 1.71 bits per heavy atom. The molecule has 1 N–H and O–H groups in total. The molecule has 0 aliphatic carbocycles. The minimum Gasteiger partial charge on any atom is -0.297 e. The standard InChI is InChI=1S/C15H25N3O3/c1-7-12-8-17(16-14(20)10(4)5)15(21)18(12)11(6)13(19)9(2)3/h8-11H,7H2,1-6H3,(H,16,20)/t11-/m0/s1. The van der Waals surface area contributed by atoms with E-state index in [0.29, 0.717) is 6.42 Å². The molecule has 1 heterocycles. The molecule has 0 fully saturated rings. The van der Waals surface area contributed by atoms with Gasteiger partial charge in [0.05, 0.1) is 12.2 Å². The normalized spacial score (nSPS) is 12.8. The molecule has 118 valence electrons. The predicted octanol–water partition coefficient (Wildman–Crippen LogP) is 1.72. The summed E-state index contributed by atoms with van der Waals surface area (Å²) < 4.78 is 2.63. The van der Waals surface area contributed by atoms with Crippen LogP contribution in [0.5, 0.6) is 0 Å². The number of rotatable bonds is 6. The Morgan fingerprint density at radius 1 is 1.14 bits per heavy atom. The van der Waals surface area contributed by atoms with Gasteiger partial charge in [-0.2, -0.15) is 0 Å². The number of amides is 1. The Labute approximate surface area is 125 Å². The summed E-state index contributed by atoms with van der Waals surface area (Å²) in [7, 11) is 0. The van der Waals surface area contributed by atoms with Crippen molar-refractivity contribution in [3.8, 4) is 0 Å². The van der Waals surface area contributed by atoms with Gasteiger partial charge in [0, 0.05) is 17.5 Å². The summed E-state index contributed by atoms with van der Waals surface area (Å²) >= 11 is 0. The van der Waals surface area contributed by atoms with Crippen LogP contribution in [0.15, 0.2) is 11.0 Å². The molecule has 0 radical (unpaired) electrons. The Kier molecular flexibility index (Phi) is 5.52. The quantitative estimate of drug-likeness (QED) is 0.868. The molecular weight excluding hydrogens is 270 g/mol. The van der Waals surface area contributed by atoms with Crippen LogP contribution < -0.4 is 11.1 Å². The third-order valence-electron chi connectivity index (χ3n) is 3.49. The molecule has 0 spiro atoms. The summed E-state index contributed by atoms with van der Waals surface area (Å²) in [6.07, 6.45) is 2.20. The number of nitrogens with one attached hydrogen (secondary N) is 1. The molecule has 1 rings (SSSR count). The number of Topliss-reactive ketones (excluding diaryl/α,β-unsaturated/α-hetero) is 1. The lowest BCUT2D eigenvalue weighted by Crippen LogP contribution is -2.38. The lowest BCUT2D eigenvalue weighted by molar-refractivity contribution is -0.124.